The van der Waals surface area contributed by atoms with E-state index >= 15 is 0 Å². The lowest BCUT2D eigenvalue weighted by Gasteiger charge is -2.14. The van der Waals surface area contributed by atoms with E-state index in [0.717, 1.165) is 16.8 Å². The Bertz CT molecular complexity index is 921. The number of rotatable bonds is 5. The number of aryl methyl sites for hydroxylation is 1. The molecule has 0 spiro atoms. The summed E-state index contributed by atoms with van der Waals surface area (Å²) in [6.07, 6.45) is 3.47. The number of halogens is 1. The van der Waals surface area contributed by atoms with Gasteiger partial charge in [0.25, 0.3) is 5.91 Å². The smallest absolute Gasteiger partial charge is 0.255 e. The second kappa shape index (κ2) is 7.70. The number of aromatic nitrogens is 3. The normalized spacial score (nSPS) is 12.0. The minimum atomic E-state index is -0.137. The topological polar surface area (TPSA) is 59.8 Å². The SMILES string of the molecule is Cc1nn(Cc2ccccc2Cl)c(C)c1C(=O)NC(C)c1cccnc1. The Hall–Kier alpha value is -2.66. The third-order valence-electron chi connectivity index (χ3n) is 4.42. The number of nitrogens with zero attached hydrogens (tertiary/aromatic N) is 3. The molecule has 6 heteroatoms. The van der Waals surface area contributed by atoms with Crippen LogP contribution in [0.2, 0.25) is 5.02 Å². The molecule has 1 unspecified atom stereocenters. The van der Waals surface area contributed by atoms with Gasteiger partial charge in [-0.25, -0.2) is 0 Å². The molecule has 26 heavy (non-hydrogen) atoms. The van der Waals surface area contributed by atoms with Crippen LogP contribution in [-0.4, -0.2) is 20.7 Å². The molecule has 2 aromatic heterocycles. The molecule has 1 atom stereocenters. The second-order valence-electron chi connectivity index (χ2n) is 6.28. The van der Waals surface area contributed by atoms with Crippen molar-refractivity contribution in [3.8, 4) is 0 Å². The molecule has 1 amide bonds. The van der Waals surface area contributed by atoms with Crippen LogP contribution in [0.4, 0.5) is 0 Å². The molecule has 0 bridgehead atoms. The van der Waals surface area contributed by atoms with E-state index in [4.69, 9.17) is 11.6 Å². The minimum absolute atomic E-state index is 0.137. The summed E-state index contributed by atoms with van der Waals surface area (Å²) in [6.45, 7) is 6.21. The zero-order valence-electron chi connectivity index (χ0n) is 15.0. The summed E-state index contributed by atoms with van der Waals surface area (Å²) in [5, 5.41) is 8.25. The molecule has 134 valence electrons. The first kappa shape index (κ1) is 18.1. The standard InChI is InChI=1S/C20H21ClN4O/c1-13(16-8-6-10-22-11-16)23-20(26)19-14(2)24-25(15(19)3)12-17-7-4-5-9-18(17)21/h4-11,13H,12H2,1-3H3,(H,23,26). The van der Waals surface area contributed by atoms with Crippen LogP contribution in [0.25, 0.3) is 0 Å². The number of hydrogen-bond acceptors (Lipinski definition) is 3. The van der Waals surface area contributed by atoms with Gasteiger partial charge in [-0.05, 0) is 44.0 Å². The average Bonchev–Trinajstić information content (AvgIpc) is 2.91. The molecular formula is C20H21ClN4O. The first-order valence-corrected chi connectivity index (χ1v) is 8.83. The Balaban J connectivity index is 1.81. The van der Waals surface area contributed by atoms with E-state index in [1.807, 2.05) is 61.9 Å². The average molecular weight is 369 g/mol. The summed E-state index contributed by atoms with van der Waals surface area (Å²) in [4.78, 5) is 16.9. The van der Waals surface area contributed by atoms with E-state index in [2.05, 4.69) is 15.4 Å². The highest BCUT2D eigenvalue weighted by molar-refractivity contribution is 6.31. The van der Waals surface area contributed by atoms with Crippen molar-refractivity contribution in [2.45, 2.75) is 33.4 Å². The van der Waals surface area contributed by atoms with Gasteiger partial charge in [0.1, 0.15) is 0 Å². The zero-order valence-corrected chi connectivity index (χ0v) is 15.8. The third-order valence-corrected chi connectivity index (χ3v) is 4.79. The highest BCUT2D eigenvalue weighted by Gasteiger charge is 2.21. The lowest BCUT2D eigenvalue weighted by Crippen LogP contribution is -2.27. The number of carbonyl (C=O) groups excluding carboxylic acids is 1. The van der Waals surface area contributed by atoms with Gasteiger partial charge < -0.3 is 5.32 Å². The Labute approximate surface area is 158 Å². The van der Waals surface area contributed by atoms with Crippen molar-refractivity contribution >= 4 is 17.5 Å². The Morgan fingerprint density at radius 1 is 1.23 bits per heavy atom. The monoisotopic (exact) mass is 368 g/mol. The van der Waals surface area contributed by atoms with E-state index in [1.165, 1.54) is 0 Å². The summed E-state index contributed by atoms with van der Waals surface area (Å²) >= 11 is 6.25. The predicted octanol–water partition coefficient (Wildman–Crippen LogP) is 4.09. The van der Waals surface area contributed by atoms with Gasteiger partial charge in [-0.3, -0.25) is 14.5 Å². The first-order chi connectivity index (χ1) is 12.5. The minimum Gasteiger partial charge on any atom is -0.345 e. The molecule has 2 heterocycles. The van der Waals surface area contributed by atoms with Crippen molar-refractivity contribution in [3.63, 3.8) is 0 Å². The van der Waals surface area contributed by atoms with Gasteiger partial charge in [0.15, 0.2) is 0 Å². The lowest BCUT2D eigenvalue weighted by molar-refractivity contribution is 0.0938. The molecule has 3 aromatic rings. The van der Waals surface area contributed by atoms with Crippen molar-refractivity contribution in [2.24, 2.45) is 0 Å². The number of pyridine rings is 1. The maximum atomic E-state index is 12.8. The highest BCUT2D eigenvalue weighted by atomic mass is 35.5. The van der Waals surface area contributed by atoms with Gasteiger partial charge >= 0.3 is 0 Å². The predicted molar refractivity (Wildman–Crippen MR) is 102 cm³/mol. The van der Waals surface area contributed by atoms with E-state index in [-0.39, 0.29) is 11.9 Å². The van der Waals surface area contributed by atoms with E-state index in [9.17, 15) is 4.79 Å². The number of hydrogen-bond donors (Lipinski definition) is 1. The number of carbonyl (C=O) groups is 1. The molecule has 0 saturated heterocycles. The fraction of sp³-hybridized carbons (Fsp3) is 0.250. The molecule has 0 saturated carbocycles. The van der Waals surface area contributed by atoms with Crippen LogP contribution in [-0.2, 0) is 6.54 Å². The van der Waals surface area contributed by atoms with Crippen LogP contribution in [0.3, 0.4) is 0 Å². The summed E-state index contributed by atoms with van der Waals surface area (Å²) < 4.78 is 1.82. The third kappa shape index (κ3) is 3.78. The summed E-state index contributed by atoms with van der Waals surface area (Å²) in [7, 11) is 0. The van der Waals surface area contributed by atoms with Crippen LogP contribution in [0.15, 0.2) is 48.8 Å². The van der Waals surface area contributed by atoms with Crippen molar-refractivity contribution < 1.29 is 4.79 Å². The van der Waals surface area contributed by atoms with Crippen molar-refractivity contribution in [2.75, 3.05) is 0 Å². The maximum absolute atomic E-state index is 12.8. The summed E-state index contributed by atoms with van der Waals surface area (Å²) in [6, 6.07) is 11.3. The Kier molecular flexibility index (Phi) is 5.38. The zero-order chi connectivity index (χ0) is 18.7. The fourth-order valence-electron chi connectivity index (χ4n) is 2.95. The number of benzene rings is 1. The maximum Gasteiger partial charge on any atom is 0.255 e. The molecular weight excluding hydrogens is 348 g/mol. The van der Waals surface area contributed by atoms with Crippen molar-refractivity contribution in [1.82, 2.24) is 20.1 Å². The summed E-state index contributed by atoms with van der Waals surface area (Å²) in [5.41, 5.74) is 4.05. The lowest BCUT2D eigenvalue weighted by atomic mass is 10.1. The van der Waals surface area contributed by atoms with E-state index in [0.29, 0.717) is 22.8 Å². The van der Waals surface area contributed by atoms with Gasteiger partial charge in [0.2, 0.25) is 0 Å². The van der Waals surface area contributed by atoms with E-state index < -0.39 is 0 Å². The molecule has 0 aliphatic heterocycles. The molecule has 1 aromatic carbocycles. The van der Waals surface area contributed by atoms with Crippen LogP contribution < -0.4 is 5.32 Å². The van der Waals surface area contributed by atoms with Gasteiger partial charge in [-0.15, -0.1) is 0 Å². The quantitative estimate of drug-likeness (QED) is 0.737. The van der Waals surface area contributed by atoms with Crippen molar-refractivity contribution in [3.05, 3.63) is 81.9 Å². The second-order valence-corrected chi connectivity index (χ2v) is 6.68. The number of nitrogens with one attached hydrogen (secondary N) is 1. The molecule has 1 N–H and O–H groups in total. The van der Waals surface area contributed by atoms with E-state index in [1.54, 1.807) is 12.4 Å². The van der Waals surface area contributed by atoms with Crippen LogP contribution >= 0.6 is 11.6 Å². The van der Waals surface area contributed by atoms with Crippen LogP contribution in [0, 0.1) is 13.8 Å². The van der Waals surface area contributed by atoms with Gasteiger partial charge in [0, 0.05) is 23.1 Å². The highest BCUT2D eigenvalue weighted by Crippen LogP contribution is 2.20. The largest absolute Gasteiger partial charge is 0.345 e. The van der Waals surface area contributed by atoms with Gasteiger partial charge in [-0.1, -0.05) is 35.9 Å². The molecule has 3 rings (SSSR count). The molecule has 0 aliphatic carbocycles. The first-order valence-electron chi connectivity index (χ1n) is 8.45. The summed E-state index contributed by atoms with van der Waals surface area (Å²) in [5.74, 6) is -0.137. The Morgan fingerprint density at radius 2 is 2.00 bits per heavy atom. The Morgan fingerprint density at radius 3 is 2.69 bits per heavy atom. The molecule has 0 radical (unpaired) electrons. The molecule has 5 nitrogen and oxygen atoms in total. The molecule has 0 fully saturated rings. The van der Waals surface area contributed by atoms with Crippen LogP contribution in [0.5, 0.6) is 0 Å². The van der Waals surface area contributed by atoms with Gasteiger partial charge in [-0.2, -0.15) is 5.10 Å². The van der Waals surface area contributed by atoms with Gasteiger partial charge in [0.05, 0.1) is 23.8 Å². The molecule has 0 aliphatic rings. The number of amides is 1. The van der Waals surface area contributed by atoms with Crippen LogP contribution in [0.1, 0.15) is 45.8 Å². The fourth-order valence-corrected chi connectivity index (χ4v) is 3.15. The van der Waals surface area contributed by atoms with Crippen molar-refractivity contribution in [1.29, 1.82) is 0 Å².